The maximum absolute atomic E-state index is 10.0. The van der Waals surface area contributed by atoms with Crippen molar-refractivity contribution in [2.24, 2.45) is 11.8 Å². The summed E-state index contributed by atoms with van der Waals surface area (Å²) in [5.41, 5.74) is 2.54. The minimum absolute atomic E-state index is 0.0658. The van der Waals surface area contributed by atoms with Crippen molar-refractivity contribution < 1.29 is 33.5 Å². The van der Waals surface area contributed by atoms with Gasteiger partial charge in [0.1, 0.15) is 0 Å². The van der Waals surface area contributed by atoms with E-state index in [1.54, 1.807) is 26.4 Å². The van der Waals surface area contributed by atoms with Gasteiger partial charge in [-0.3, -0.25) is 0 Å². The van der Waals surface area contributed by atoms with Crippen molar-refractivity contribution >= 4 is 0 Å². The summed E-state index contributed by atoms with van der Waals surface area (Å²) in [6.45, 7) is 4.39. The molecule has 2 aliphatic heterocycles. The molecule has 0 saturated carbocycles. The summed E-state index contributed by atoms with van der Waals surface area (Å²) in [6.07, 6.45) is -0.526. The number of hydrogen-bond acceptors (Lipinski definition) is 7. The van der Waals surface area contributed by atoms with Crippen molar-refractivity contribution in [3.8, 4) is 39.9 Å². The molecule has 7 heteroatoms. The molecule has 4 rings (SSSR count). The first kappa shape index (κ1) is 19.7. The second-order valence-corrected chi connectivity index (χ2v) is 7.37. The Bertz CT molecular complexity index is 911. The summed E-state index contributed by atoms with van der Waals surface area (Å²) >= 11 is 0. The second-order valence-electron chi connectivity index (χ2n) is 7.37. The highest BCUT2D eigenvalue weighted by Crippen LogP contribution is 2.54. The van der Waals surface area contributed by atoms with Crippen molar-refractivity contribution in [2.75, 3.05) is 28.1 Å². The molecule has 0 amide bonds. The van der Waals surface area contributed by atoms with Gasteiger partial charge in [-0.1, -0.05) is 19.9 Å². The molecule has 29 heavy (non-hydrogen) atoms. The number of fused-ring (bicyclic) bond motifs is 1. The van der Waals surface area contributed by atoms with Gasteiger partial charge in [-0.2, -0.15) is 0 Å². The van der Waals surface area contributed by atoms with Gasteiger partial charge in [-0.05, 0) is 35.2 Å². The number of ether oxygens (including phenoxy) is 6. The molecule has 0 unspecified atom stereocenters. The third-order valence-electron chi connectivity index (χ3n) is 5.88. The van der Waals surface area contributed by atoms with E-state index in [1.165, 1.54) is 7.11 Å². The van der Waals surface area contributed by atoms with Gasteiger partial charge in [0.15, 0.2) is 29.3 Å². The average molecular weight is 402 g/mol. The summed E-state index contributed by atoms with van der Waals surface area (Å²) in [6, 6.07) is 7.14. The Morgan fingerprint density at radius 2 is 1.79 bits per heavy atom. The van der Waals surface area contributed by atoms with Crippen LogP contribution in [0.3, 0.4) is 0 Å². The Hall–Kier alpha value is -2.64. The van der Waals surface area contributed by atoms with Crippen LogP contribution in [0.4, 0.5) is 0 Å². The van der Waals surface area contributed by atoms with Gasteiger partial charge in [0, 0.05) is 18.6 Å². The van der Waals surface area contributed by atoms with Gasteiger partial charge >= 0.3 is 0 Å². The number of benzene rings is 2. The highest BCUT2D eigenvalue weighted by molar-refractivity contribution is 5.81. The van der Waals surface area contributed by atoms with Crippen molar-refractivity contribution in [1.29, 1.82) is 0 Å². The summed E-state index contributed by atoms with van der Waals surface area (Å²) in [7, 11) is 4.77. The van der Waals surface area contributed by atoms with Gasteiger partial charge in [0.2, 0.25) is 12.5 Å². The van der Waals surface area contributed by atoms with E-state index in [0.717, 1.165) is 16.7 Å². The lowest BCUT2D eigenvalue weighted by Gasteiger charge is -2.23. The molecule has 0 bridgehead atoms. The Labute approximate surface area is 170 Å². The molecule has 7 nitrogen and oxygen atoms in total. The lowest BCUT2D eigenvalue weighted by atomic mass is 9.85. The molecule has 2 aliphatic rings. The van der Waals surface area contributed by atoms with Crippen LogP contribution in [0.15, 0.2) is 24.3 Å². The standard InChI is InChI=1S/C22H26O7/c1-11-12(2)22(26-5)29-19(11)14-9-17-20(28-10-27-17)21(25-4)18(14)13-6-7-15(23)16(8-13)24-3/h6-9,11-12,19,22-23H,10H2,1-5H3/t11-,12-,19+,22+/m0/s1. The molecule has 4 atom stereocenters. The van der Waals surface area contributed by atoms with Crippen LogP contribution in [0.25, 0.3) is 11.1 Å². The number of phenolic OH excluding ortho intramolecular Hbond substituents is 1. The summed E-state index contributed by atoms with van der Waals surface area (Å²) in [5.74, 6) is 2.59. The monoisotopic (exact) mass is 402 g/mol. The van der Waals surface area contributed by atoms with E-state index in [-0.39, 0.29) is 36.8 Å². The summed E-state index contributed by atoms with van der Waals surface area (Å²) < 4.78 is 34.2. The molecule has 0 radical (unpaired) electrons. The lowest BCUT2D eigenvalue weighted by Crippen LogP contribution is -2.17. The van der Waals surface area contributed by atoms with Gasteiger partial charge < -0.3 is 33.5 Å². The third-order valence-corrected chi connectivity index (χ3v) is 5.88. The maximum atomic E-state index is 10.0. The van der Waals surface area contributed by atoms with E-state index in [1.807, 2.05) is 12.1 Å². The zero-order chi connectivity index (χ0) is 20.7. The van der Waals surface area contributed by atoms with Crippen molar-refractivity contribution in [3.63, 3.8) is 0 Å². The van der Waals surface area contributed by atoms with E-state index in [4.69, 9.17) is 28.4 Å². The van der Waals surface area contributed by atoms with Crippen LogP contribution in [0.5, 0.6) is 28.7 Å². The maximum Gasteiger partial charge on any atom is 0.231 e. The van der Waals surface area contributed by atoms with Crippen LogP contribution in [-0.2, 0) is 9.47 Å². The fourth-order valence-corrected chi connectivity index (χ4v) is 4.12. The van der Waals surface area contributed by atoms with Gasteiger partial charge in [0.05, 0.1) is 20.3 Å². The minimum Gasteiger partial charge on any atom is -0.504 e. The van der Waals surface area contributed by atoms with Gasteiger partial charge in [-0.25, -0.2) is 0 Å². The number of rotatable bonds is 5. The summed E-state index contributed by atoms with van der Waals surface area (Å²) in [5, 5.41) is 10.0. The number of methoxy groups -OCH3 is 3. The topological polar surface area (TPSA) is 75.6 Å². The Balaban J connectivity index is 1.94. The molecule has 0 aromatic heterocycles. The SMILES string of the molecule is COc1cc(-c2c([C@@H]3O[C@@H](OC)[C@@H](C)[C@@H]3C)cc3c(c2OC)OCO3)ccc1O. The Morgan fingerprint density at radius 1 is 1.00 bits per heavy atom. The molecular weight excluding hydrogens is 376 g/mol. The molecule has 0 spiro atoms. The van der Waals surface area contributed by atoms with Crippen LogP contribution in [0, 0.1) is 11.8 Å². The largest absolute Gasteiger partial charge is 0.504 e. The van der Waals surface area contributed by atoms with Crippen LogP contribution >= 0.6 is 0 Å². The highest BCUT2D eigenvalue weighted by atomic mass is 16.7. The molecule has 2 aromatic rings. The summed E-state index contributed by atoms with van der Waals surface area (Å²) in [4.78, 5) is 0. The molecular formula is C22H26O7. The van der Waals surface area contributed by atoms with E-state index in [9.17, 15) is 5.11 Å². The molecule has 2 heterocycles. The first-order chi connectivity index (χ1) is 14.0. The van der Waals surface area contributed by atoms with E-state index >= 15 is 0 Å². The minimum atomic E-state index is -0.298. The zero-order valence-corrected chi connectivity index (χ0v) is 17.2. The second kappa shape index (κ2) is 7.65. The van der Waals surface area contributed by atoms with Gasteiger partial charge in [-0.15, -0.1) is 0 Å². The van der Waals surface area contributed by atoms with Gasteiger partial charge in [0.25, 0.3) is 0 Å². The fourth-order valence-electron chi connectivity index (χ4n) is 4.12. The van der Waals surface area contributed by atoms with E-state index in [2.05, 4.69) is 13.8 Å². The smallest absolute Gasteiger partial charge is 0.231 e. The van der Waals surface area contributed by atoms with E-state index < -0.39 is 0 Å². The highest BCUT2D eigenvalue weighted by Gasteiger charge is 2.42. The van der Waals surface area contributed by atoms with Crippen LogP contribution in [-0.4, -0.2) is 39.5 Å². The molecule has 1 fully saturated rings. The third kappa shape index (κ3) is 3.14. The van der Waals surface area contributed by atoms with Crippen molar-refractivity contribution in [3.05, 3.63) is 29.8 Å². The Morgan fingerprint density at radius 3 is 2.45 bits per heavy atom. The van der Waals surface area contributed by atoms with Crippen LogP contribution in [0.1, 0.15) is 25.5 Å². The fraction of sp³-hybridized carbons (Fsp3) is 0.455. The van der Waals surface area contributed by atoms with Crippen LogP contribution < -0.4 is 18.9 Å². The van der Waals surface area contributed by atoms with E-state index in [0.29, 0.717) is 23.0 Å². The molecule has 0 aliphatic carbocycles. The Kier molecular flexibility index (Phi) is 5.19. The lowest BCUT2D eigenvalue weighted by molar-refractivity contribution is -0.130. The normalized spacial score (nSPS) is 25.3. The average Bonchev–Trinajstić information content (AvgIpc) is 3.31. The molecule has 156 valence electrons. The number of aromatic hydroxyl groups is 1. The predicted octanol–water partition coefficient (Wildman–Crippen LogP) is 4.12. The quantitative estimate of drug-likeness (QED) is 0.806. The number of phenols is 1. The molecule has 1 saturated heterocycles. The van der Waals surface area contributed by atoms with Crippen molar-refractivity contribution in [1.82, 2.24) is 0 Å². The predicted molar refractivity (Wildman–Crippen MR) is 106 cm³/mol. The number of hydrogen-bond donors (Lipinski definition) is 1. The first-order valence-electron chi connectivity index (χ1n) is 9.56. The molecule has 2 aromatic carbocycles. The molecule has 1 N–H and O–H groups in total. The van der Waals surface area contributed by atoms with Crippen molar-refractivity contribution in [2.45, 2.75) is 26.2 Å². The zero-order valence-electron chi connectivity index (χ0n) is 17.2. The van der Waals surface area contributed by atoms with Crippen LogP contribution in [0.2, 0.25) is 0 Å². The first-order valence-corrected chi connectivity index (χ1v) is 9.56.